The number of carbonyl (C=O) groups is 1. The Balaban J connectivity index is 5.77. The van der Waals surface area contributed by atoms with Gasteiger partial charge in [-0.05, 0) is 27.2 Å². The molecule has 3 unspecified atom stereocenters. The molecule has 0 saturated heterocycles. The third-order valence-electron chi connectivity index (χ3n) is 3.54. The van der Waals surface area contributed by atoms with Crippen molar-refractivity contribution >= 4 is 14.9 Å². The van der Waals surface area contributed by atoms with Gasteiger partial charge in [0, 0.05) is 25.7 Å². The molecule has 0 aliphatic rings. The van der Waals surface area contributed by atoms with Crippen molar-refractivity contribution < 1.29 is 27.5 Å². The van der Waals surface area contributed by atoms with Crippen LogP contribution in [0, 0.1) is 5.92 Å². The average molecular weight is 364 g/mol. The highest BCUT2D eigenvalue weighted by molar-refractivity contribution is 6.62. The highest BCUT2D eigenvalue weighted by Gasteiger charge is 2.56. The summed E-state index contributed by atoms with van der Waals surface area (Å²) in [5, 5.41) is 0. The van der Waals surface area contributed by atoms with Gasteiger partial charge in [0.15, 0.2) is 5.73 Å². The third kappa shape index (κ3) is 6.80. The van der Waals surface area contributed by atoms with Crippen molar-refractivity contribution in [3.05, 3.63) is 12.8 Å². The maximum atomic E-state index is 11.5. The van der Waals surface area contributed by atoms with Gasteiger partial charge < -0.3 is 28.5 Å². The van der Waals surface area contributed by atoms with Crippen LogP contribution in [0.5, 0.6) is 0 Å². The molecular formula is C16H33NO6Si. The third-order valence-corrected chi connectivity index (χ3v) is 6.95. The maximum Gasteiger partial charge on any atom is 0.544 e. The van der Waals surface area contributed by atoms with Crippen molar-refractivity contribution in [2.75, 3.05) is 19.8 Å². The van der Waals surface area contributed by atoms with Crippen LogP contribution in [0.15, 0.2) is 12.8 Å². The first-order valence-electron chi connectivity index (χ1n) is 8.56. The van der Waals surface area contributed by atoms with Gasteiger partial charge in [-0.2, -0.15) is 0 Å². The Morgan fingerprint density at radius 1 is 1.12 bits per heavy atom. The Labute approximate surface area is 146 Å². The number of hydrogen-bond acceptors (Lipinski definition) is 6. The molecule has 0 aromatic carbocycles. The molecule has 0 fully saturated rings. The van der Waals surface area contributed by atoms with E-state index in [-0.39, 0.29) is 12.0 Å². The summed E-state index contributed by atoms with van der Waals surface area (Å²) >= 11 is 0. The smallest absolute Gasteiger partial charge is 0.498 e. The first-order valence-corrected chi connectivity index (χ1v) is 10.4. The molecule has 1 amide bonds. The number of primary amides is 1. The molecule has 0 rings (SSSR count). The van der Waals surface area contributed by atoms with Gasteiger partial charge in [0.2, 0.25) is 0 Å². The van der Waals surface area contributed by atoms with E-state index in [0.717, 1.165) is 12.8 Å². The van der Waals surface area contributed by atoms with E-state index in [2.05, 4.69) is 13.5 Å². The molecule has 0 heterocycles. The van der Waals surface area contributed by atoms with Crippen LogP contribution >= 0.6 is 0 Å². The van der Waals surface area contributed by atoms with Crippen molar-refractivity contribution in [3.63, 3.8) is 0 Å². The first kappa shape index (κ1) is 22.9. The van der Waals surface area contributed by atoms with Gasteiger partial charge in [0.25, 0.3) is 0 Å². The first-order chi connectivity index (χ1) is 11.4. The van der Waals surface area contributed by atoms with Crippen LogP contribution in [0.4, 0.5) is 4.79 Å². The summed E-state index contributed by atoms with van der Waals surface area (Å²) in [6, 6.07) is 0. The summed E-state index contributed by atoms with van der Waals surface area (Å²) in [7, 11) is -3.31. The van der Waals surface area contributed by atoms with Crippen molar-refractivity contribution in [1.82, 2.24) is 0 Å². The molecule has 3 atom stereocenters. The van der Waals surface area contributed by atoms with Crippen LogP contribution in [0.1, 0.15) is 47.5 Å². The van der Waals surface area contributed by atoms with Gasteiger partial charge in [0.05, 0.1) is 6.26 Å². The summed E-state index contributed by atoms with van der Waals surface area (Å²) < 4.78 is 28.7. The lowest BCUT2D eigenvalue weighted by molar-refractivity contribution is -0.0315. The van der Waals surface area contributed by atoms with Gasteiger partial charge >= 0.3 is 14.9 Å². The molecule has 0 radical (unpaired) electrons. The van der Waals surface area contributed by atoms with Gasteiger partial charge in [-0.1, -0.05) is 26.8 Å². The molecule has 0 saturated carbocycles. The molecule has 8 heteroatoms. The van der Waals surface area contributed by atoms with E-state index in [0.29, 0.717) is 19.8 Å². The average Bonchev–Trinajstić information content (AvgIpc) is 2.52. The van der Waals surface area contributed by atoms with E-state index in [9.17, 15) is 4.79 Å². The van der Waals surface area contributed by atoms with E-state index in [1.54, 1.807) is 0 Å². The van der Waals surface area contributed by atoms with E-state index < -0.39 is 20.6 Å². The monoisotopic (exact) mass is 363 g/mol. The Kier molecular flexibility index (Phi) is 11.7. The minimum Gasteiger partial charge on any atom is -0.498 e. The van der Waals surface area contributed by atoms with Crippen LogP contribution in [-0.2, 0) is 22.8 Å². The predicted octanol–water partition coefficient (Wildman–Crippen LogP) is 3.00. The van der Waals surface area contributed by atoms with Gasteiger partial charge in [-0.3, -0.25) is 0 Å². The second-order valence-corrected chi connectivity index (χ2v) is 7.89. The van der Waals surface area contributed by atoms with E-state index in [4.69, 9.17) is 28.5 Å². The Bertz CT molecular complexity index is 351. The fraction of sp³-hybridized carbons (Fsp3) is 0.812. The number of rotatable bonds is 14. The van der Waals surface area contributed by atoms with E-state index in [1.807, 2.05) is 27.7 Å². The topological polar surface area (TPSA) is 89.2 Å². The lowest BCUT2D eigenvalue weighted by Gasteiger charge is -2.39. The molecule has 0 aliphatic carbocycles. The van der Waals surface area contributed by atoms with Crippen LogP contribution in [0.2, 0.25) is 0 Å². The van der Waals surface area contributed by atoms with Crippen LogP contribution in [0.25, 0.3) is 0 Å². The Morgan fingerprint density at radius 2 is 1.62 bits per heavy atom. The zero-order valence-electron chi connectivity index (χ0n) is 15.6. The molecule has 142 valence electrons. The molecule has 7 nitrogen and oxygen atoms in total. The summed E-state index contributed by atoms with van der Waals surface area (Å²) in [5.41, 5.74) is 4.54. The summed E-state index contributed by atoms with van der Waals surface area (Å²) in [5.74, 6) is -0.244. The minimum atomic E-state index is -3.31. The van der Waals surface area contributed by atoms with Crippen molar-refractivity contribution in [1.29, 1.82) is 0 Å². The van der Waals surface area contributed by atoms with Crippen LogP contribution in [0.3, 0.4) is 0 Å². The van der Waals surface area contributed by atoms with Crippen LogP contribution in [-0.4, -0.2) is 46.5 Å². The number of hydrogen-bond donors (Lipinski definition) is 1. The Morgan fingerprint density at radius 3 is 1.96 bits per heavy atom. The zero-order chi connectivity index (χ0) is 18.6. The standard InChI is InChI=1S/C16H33NO6Si/c1-7-12-14(19-8-2)13(6)15(23-16(17)18)24(20-9-3,21-10-4)22-11-5/h8,13-15H,2,7,9-12H2,1,3-6H3,(H2,17,18). The quantitative estimate of drug-likeness (QED) is 0.377. The fourth-order valence-electron chi connectivity index (χ4n) is 2.66. The van der Waals surface area contributed by atoms with Crippen LogP contribution < -0.4 is 5.73 Å². The molecule has 0 spiro atoms. The fourth-order valence-corrected chi connectivity index (χ4v) is 5.73. The zero-order valence-corrected chi connectivity index (χ0v) is 16.6. The molecule has 0 aromatic rings. The number of carbonyl (C=O) groups excluding carboxylic acids is 1. The van der Waals surface area contributed by atoms with Crippen molar-refractivity contribution in [3.8, 4) is 0 Å². The second kappa shape index (κ2) is 12.3. The number of amides is 1. The number of nitrogens with two attached hydrogens (primary N) is 1. The largest absolute Gasteiger partial charge is 0.544 e. The molecule has 0 aliphatic heterocycles. The molecular weight excluding hydrogens is 330 g/mol. The molecule has 24 heavy (non-hydrogen) atoms. The van der Waals surface area contributed by atoms with Gasteiger partial charge in [-0.25, -0.2) is 4.79 Å². The van der Waals surface area contributed by atoms with Crippen molar-refractivity contribution in [2.45, 2.75) is 59.3 Å². The molecule has 0 bridgehead atoms. The van der Waals surface area contributed by atoms with E-state index in [1.165, 1.54) is 6.26 Å². The lowest BCUT2D eigenvalue weighted by Crippen LogP contribution is -2.62. The minimum absolute atomic E-state index is 0.218. The van der Waals surface area contributed by atoms with Crippen molar-refractivity contribution in [2.24, 2.45) is 11.7 Å². The normalized spacial score (nSPS) is 15.4. The predicted molar refractivity (Wildman–Crippen MR) is 94.2 cm³/mol. The molecule has 2 N–H and O–H groups in total. The SMILES string of the molecule is C=COC(CCC)C(C)C(OC(N)=O)[Si](OCC)(OCC)OCC. The number of ether oxygens (including phenoxy) is 2. The maximum absolute atomic E-state index is 11.5. The summed E-state index contributed by atoms with van der Waals surface area (Å²) in [6.45, 7) is 14.2. The highest BCUT2D eigenvalue weighted by atomic mass is 28.4. The second-order valence-electron chi connectivity index (χ2n) is 5.25. The molecule has 0 aromatic heterocycles. The summed E-state index contributed by atoms with van der Waals surface area (Å²) in [4.78, 5) is 11.5. The summed E-state index contributed by atoms with van der Waals surface area (Å²) in [6.07, 6.45) is 1.95. The van der Waals surface area contributed by atoms with Gasteiger partial charge in [-0.15, -0.1) is 0 Å². The highest BCUT2D eigenvalue weighted by Crippen LogP contribution is 2.29. The Hall–Kier alpha value is -1.09. The van der Waals surface area contributed by atoms with Gasteiger partial charge in [0.1, 0.15) is 6.10 Å². The van der Waals surface area contributed by atoms with E-state index >= 15 is 0 Å². The lowest BCUT2D eigenvalue weighted by atomic mass is 10.0.